The van der Waals surface area contributed by atoms with Crippen LogP contribution in [-0.2, 0) is 22.9 Å². The highest BCUT2D eigenvalue weighted by Crippen LogP contribution is 2.34. The molecule has 1 aliphatic rings. The smallest absolute Gasteiger partial charge is 0.244 e. The van der Waals surface area contributed by atoms with E-state index in [9.17, 15) is 13.2 Å². The van der Waals surface area contributed by atoms with E-state index in [2.05, 4.69) is 22.7 Å². The van der Waals surface area contributed by atoms with Gasteiger partial charge in [-0.05, 0) is 69.2 Å². The molecule has 32 heavy (non-hydrogen) atoms. The summed E-state index contributed by atoms with van der Waals surface area (Å²) in [5.74, 6) is 1.24. The fourth-order valence-corrected chi connectivity index (χ4v) is 4.82. The van der Waals surface area contributed by atoms with Gasteiger partial charge in [-0.15, -0.1) is 0 Å². The Labute approximate surface area is 190 Å². The molecule has 0 saturated heterocycles. The molecule has 1 N–H and O–H groups in total. The normalized spacial score (nSPS) is 13.1. The van der Waals surface area contributed by atoms with Crippen LogP contribution in [0.1, 0.15) is 40.7 Å². The van der Waals surface area contributed by atoms with Crippen molar-refractivity contribution in [1.82, 2.24) is 9.62 Å². The van der Waals surface area contributed by atoms with Crippen LogP contribution < -0.4 is 14.2 Å². The molecule has 0 unspecified atom stereocenters. The van der Waals surface area contributed by atoms with Crippen LogP contribution in [0.15, 0.2) is 41.3 Å². The van der Waals surface area contributed by atoms with E-state index >= 15 is 0 Å². The van der Waals surface area contributed by atoms with Gasteiger partial charge in [-0.3, -0.25) is 4.79 Å². The van der Waals surface area contributed by atoms with Gasteiger partial charge in [0.2, 0.25) is 10.0 Å². The average Bonchev–Trinajstić information content (AvgIpc) is 3.28. The highest BCUT2D eigenvalue weighted by molar-refractivity contribution is 7.89. The summed E-state index contributed by atoms with van der Waals surface area (Å²) >= 11 is 0. The number of methoxy groups -OCH3 is 1. The number of nitrogens with zero attached hydrogens (tertiary/aromatic N) is 1. The number of unbranched alkanes of at least 4 members (excludes halogenated alkanes) is 1. The Morgan fingerprint density at radius 1 is 1.19 bits per heavy atom. The summed E-state index contributed by atoms with van der Waals surface area (Å²) in [6, 6.07) is 11.3. The third-order valence-corrected chi connectivity index (χ3v) is 7.20. The number of rotatable bonds is 12. The number of hydrogen-bond donors (Lipinski definition) is 1. The van der Waals surface area contributed by atoms with Crippen LogP contribution in [0, 0.1) is 0 Å². The third-order valence-electron chi connectivity index (χ3n) is 5.78. The largest absolute Gasteiger partial charge is 0.496 e. The molecule has 0 spiro atoms. The Balaban J connectivity index is 1.50. The van der Waals surface area contributed by atoms with Crippen molar-refractivity contribution in [3.05, 3.63) is 53.1 Å². The van der Waals surface area contributed by atoms with E-state index in [0.29, 0.717) is 30.8 Å². The van der Waals surface area contributed by atoms with E-state index in [1.54, 1.807) is 13.2 Å². The zero-order valence-corrected chi connectivity index (χ0v) is 19.8. The maximum absolute atomic E-state index is 12.8. The molecule has 8 heteroatoms. The lowest BCUT2D eigenvalue weighted by molar-refractivity contribution is 0.0978. The van der Waals surface area contributed by atoms with Gasteiger partial charge in [-0.25, -0.2) is 13.1 Å². The van der Waals surface area contributed by atoms with Crippen molar-refractivity contribution in [2.24, 2.45) is 0 Å². The number of para-hydroxylation sites is 1. The highest BCUT2D eigenvalue weighted by Gasteiger charge is 2.26. The standard InChI is InChI=1S/C24H32N2O5S/c1-25-32(28,29)23-17-20(16-19-12-15-31-24(19)23)21(27)9-6-7-13-26(2)14-11-18-8-4-5-10-22(18)30-3/h4-5,8,10,16-17,25H,6-7,9,11-15H2,1-3H3. The molecule has 0 amide bonds. The Kier molecular flexibility index (Phi) is 8.28. The zero-order valence-electron chi connectivity index (χ0n) is 19.0. The van der Waals surface area contributed by atoms with Crippen LogP contribution in [0.2, 0.25) is 0 Å². The molecule has 0 atom stereocenters. The Bertz CT molecular complexity index is 1050. The first-order valence-corrected chi connectivity index (χ1v) is 12.4. The van der Waals surface area contributed by atoms with E-state index in [0.717, 1.165) is 43.7 Å². The van der Waals surface area contributed by atoms with Gasteiger partial charge in [0.05, 0.1) is 13.7 Å². The monoisotopic (exact) mass is 460 g/mol. The topological polar surface area (TPSA) is 84.9 Å². The van der Waals surface area contributed by atoms with Crippen LogP contribution in [-0.4, -0.2) is 60.0 Å². The number of carbonyl (C=O) groups excluding carboxylic acids is 1. The molecule has 1 aliphatic heterocycles. The molecule has 1 heterocycles. The van der Waals surface area contributed by atoms with Gasteiger partial charge >= 0.3 is 0 Å². The molecule has 0 saturated carbocycles. The number of carbonyl (C=O) groups is 1. The minimum atomic E-state index is -3.69. The molecule has 174 valence electrons. The van der Waals surface area contributed by atoms with Crippen molar-refractivity contribution < 1.29 is 22.7 Å². The van der Waals surface area contributed by atoms with Crippen molar-refractivity contribution in [1.29, 1.82) is 0 Å². The summed E-state index contributed by atoms with van der Waals surface area (Å²) in [6.45, 7) is 2.23. The van der Waals surface area contributed by atoms with Crippen LogP contribution in [0.5, 0.6) is 11.5 Å². The molecule has 0 fully saturated rings. The fourth-order valence-electron chi connectivity index (χ4n) is 3.89. The Morgan fingerprint density at radius 3 is 2.72 bits per heavy atom. The fraction of sp³-hybridized carbons (Fsp3) is 0.458. The summed E-state index contributed by atoms with van der Waals surface area (Å²) in [6.07, 6.45) is 3.54. The third kappa shape index (κ3) is 5.88. The lowest BCUT2D eigenvalue weighted by Gasteiger charge is -2.17. The van der Waals surface area contributed by atoms with Crippen LogP contribution in [0.25, 0.3) is 0 Å². The summed E-state index contributed by atoms with van der Waals surface area (Å²) < 4.78 is 37.9. The van der Waals surface area contributed by atoms with E-state index in [1.165, 1.54) is 18.7 Å². The molecule has 2 aromatic rings. The quantitative estimate of drug-likeness (QED) is 0.387. The van der Waals surface area contributed by atoms with Gasteiger partial charge in [-0.1, -0.05) is 18.2 Å². The van der Waals surface area contributed by atoms with Gasteiger partial charge < -0.3 is 14.4 Å². The molecule has 2 aromatic carbocycles. The van der Waals surface area contributed by atoms with Crippen molar-refractivity contribution in [3.63, 3.8) is 0 Å². The Hall–Kier alpha value is -2.42. The Morgan fingerprint density at radius 2 is 1.97 bits per heavy atom. The molecule has 0 aromatic heterocycles. The number of hydrogen-bond acceptors (Lipinski definition) is 6. The number of benzene rings is 2. The molecular weight excluding hydrogens is 428 g/mol. The average molecular weight is 461 g/mol. The number of Topliss-reactive ketones (excluding diaryl/α,β-unsaturated/α-hetero) is 1. The first-order chi connectivity index (χ1) is 15.4. The number of nitrogens with one attached hydrogen (secondary N) is 1. The van der Waals surface area contributed by atoms with Crippen molar-refractivity contribution in [3.8, 4) is 11.5 Å². The number of ether oxygens (including phenoxy) is 2. The number of ketones is 1. The second-order valence-electron chi connectivity index (χ2n) is 8.01. The predicted octanol–water partition coefficient (Wildman–Crippen LogP) is 3.07. The molecule has 7 nitrogen and oxygen atoms in total. The zero-order chi connectivity index (χ0) is 23.1. The lowest BCUT2D eigenvalue weighted by atomic mass is 10.0. The summed E-state index contributed by atoms with van der Waals surface area (Å²) in [7, 11) is 1.42. The number of sulfonamides is 1. The van der Waals surface area contributed by atoms with E-state index in [1.807, 2.05) is 18.2 Å². The number of likely N-dealkylation sites (N-methyl/N-ethyl adjacent to an activating group) is 1. The van der Waals surface area contributed by atoms with E-state index in [-0.39, 0.29) is 10.7 Å². The van der Waals surface area contributed by atoms with Crippen molar-refractivity contribution >= 4 is 15.8 Å². The second kappa shape index (κ2) is 10.9. The highest BCUT2D eigenvalue weighted by atomic mass is 32.2. The molecular formula is C24H32N2O5S. The SMILES string of the molecule is CNS(=O)(=O)c1cc(C(=O)CCCCN(C)CCc2ccccc2OC)cc2c1OCC2. The van der Waals surface area contributed by atoms with Crippen molar-refractivity contribution in [2.75, 3.05) is 40.9 Å². The van der Waals surface area contributed by atoms with Gasteiger partial charge in [0.1, 0.15) is 16.4 Å². The molecule has 3 rings (SSSR count). The molecule has 0 radical (unpaired) electrons. The first-order valence-electron chi connectivity index (χ1n) is 10.9. The van der Waals surface area contributed by atoms with Gasteiger partial charge in [-0.2, -0.15) is 0 Å². The summed E-state index contributed by atoms with van der Waals surface area (Å²) in [4.78, 5) is 15.1. The predicted molar refractivity (Wildman–Crippen MR) is 124 cm³/mol. The maximum Gasteiger partial charge on any atom is 0.244 e. The van der Waals surface area contributed by atoms with E-state index in [4.69, 9.17) is 9.47 Å². The minimum Gasteiger partial charge on any atom is -0.496 e. The van der Waals surface area contributed by atoms with Gasteiger partial charge in [0, 0.05) is 24.9 Å². The maximum atomic E-state index is 12.8. The molecule has 0 bridgehead atoms. The summed E-state index contributed by atoms with van der Waals surface area (Å²) in [5, 5.41) is 0. The minimum absolute atomic E-state index is 0.0380. The van der Waals surface area contributed by atoms with Crippen LogP contribution in [0.4, 0.5) is 0 Å². The van der Waals surface area contributed by atoms with Gasteiger partial charge in [0.15, 0.2) is 5.78 Å². The summed E-state index contributed by atoms with van der Waals surface area (Å²) in [5.41, 5.74) is 2.40. The van der Waals surface area contributed by atoms with E-state index < -0.39 is 10.0 Å². The second-order valence-corrected chi connectivity index (χ2v) is 9.87. The van der Waals surface area contributed by atoms with Crippen LogP contribution >= 0.6 is 0 Å². The lowest BCUT2D eigenvalue weighted by Crippen LogP contribution is -2.22. The van der Waals surface area contributed by atoms with Crippen LogP contribution in [0.3, 0.4) is 0 Å². The molecule has 0 aliphatic carbocycles. The van der Waals surface area contributed by atoms with Gasteiger partial charge in [0.25, 0.3) is 0 Å². The van der Waals surface area contributed by atoms with Crippen molar-refractivity contribution in [2.45, 2.75) is 37.0 Å². The number of fused-ring (bicyclic) bond motifs is 1. The first kappa shape index (κ1) is 24.2.